The number of benzene rings is 1. The zero-order valence-corrected chi connectivity index (χ0v) is 15.4. The Bertz CT molecular complexity index is 898. The van der Waals surface area contributed by atoms with Crippen molar-refractivity contribution in [2.24, 2.45) is 0 Å². The van der Waals surface area contributed by atoms with Crippen molar-refractivity contribution >= 4 is 23.5 Å². The Kier molecular flexibility index (Phi) is 4.79. The molecule has 0 saturated heterocycles. The van der Waals surface area contributed by atoms with E-state index in [4.69, 9.17) is 5.10 Å². The van der Waals surface area contributed by atoms with Gasteiger partial charge in [-0.15, -0.1) is 0 Å². The molecule has 1 aliphatic rings. The van der Waals surface area contributed by atoms with Crippen LogP contribution >= 0.6 is 11.8 Å². The van der Waals surface area contributed by atoms with Crippen molar-refractivity contribution < 1.29 is 4.79 Å². The van der Waals surface area contributed by atoms with Crippen LogP contribution in [0, 0.1) is 0 Å². The second-order valence-corrected chi connectivity index (χ2v) is 7.25. The molecule has 1 N–H and O–H groups in total. The number of para-hydroxylation sites is 1. The van der Waals surface area contributed by atoms with Gasteiger partial charge in [0.25, 0.3) is 0 Å². The summed E-state index contributed by atoms with van der Waals surface area (Å²) in [6.07, 6.45) is 6.03. The highest BCUT2D eigenvalue weighted by Gasteiger charge is 2.28. The van der Waals surface area contributed by atoms with Crippen molar-refractivity contribution in [2.75, 3.05) is 11.1 Å². The first kappa shape index (κ1) is 16.9. The number of aromatic nitrogens is 4. The number of hydrogen-bond donors (Lipinski definition) is 1. The molecule has 1 aliphatic carbocycles. The van der Waals surface area contributed by atoms with Crippen molar-refractivity contribution in [1.82, 2.24) is 19.3 Å². The molecule has 0 unspecified atom stereocenters. The largest absolute Gasteiger partial charge is 0.326 e. The summed E-state index contributed by atoms with van der Waals surface area (Å²) in [5, 5.41) is 8.59. The van der Waals surface area contributed by atoms with E-state index in [9.17, 15) is 4.79 Å². The highest BCUT2D eigenvalue weighted by atomic mass is 32.2. The van der Waals surface area contributed by atoms with Crippen molar-refractivity contribution in [1.29, 1.82) is 0 Å². The highest BCUT2D eigenvalue weighted by Crippen LogP contribution is 2.40. The third kappa shape index (κ3) is 3.67. The van der Waals surface area contributed by atoms with Gasteiger partial charge in [0.1, 0.15) is 5.82 Å². The topological polar surface area (TPSA) is 64.7 Å². The van der Waals surface area contributed by atoms with E-state index in [2.05, 4.69) is 17.2 Å². The Hall–Kier alpha value is -2.54. The van der Waals surface area contributed by atoms with Gasteiger partial charge in [-0.3, -0.25) is 4.79 Å². The van der Waals surface area contributed by atoms with Crippen molar-refractivity contribution in [3.05, 3.63) is 54.5 Å². The average molecular weight is 367 g/mol. The zero-order valence-electron chi connectivity index (χ0n) is 14.6. The number of amides is 1. The lowest BCUT2D eigenvalue weighted by molar-refractivity contribution is -0.113. The average Bonchev–Trinajstić information content (AvgIpc) is 3.27. The van der Waals surface area contributed by atoms with Crippen LogP contribution in [0.15, 0.2) is 53.9 Å². The molecular formula is C19H21N5OS. The molecule has 6 nitrogen and oxygen atoms in total. The summed E-state index contributed by atoms with van der Waals surface area (Å²) in [5.41, 5.74) is 2.00. The van der Waals surface area contributed by atoms with Gasteiger partial charge in [-0.25, -0.2) is 9.67 Å². The van der Waals surface area contributed by atoms with Crippen LogP contribution in [0.3, 0.4) is 0 Å². The predicted molar refractivity (Wildman–Crippen MR) is 103 cm³/mol. The summed E-state index contributed by atoms with van der Waals surface area (Å²) in [7, 11) is 0. The maximum absolute atomic E-state index is 12.5. The molecular weight excluding hydrogens is 346 g/mol. The van der Waals surface area contributed by atoms with E-state index >= 15 is 0 Å². The molecule has 1 aromatic carbocycles. The Morgan fingerprint density at radius 1 is 1.31 bits per heavy atom. The maximum Gasteiger partial charge on any atom is 0.236 e. The standard InChI is InChI=1S/C19H21N5OS/c1-2-23-11-10-20-19(23)26-13-18(25)21-17-12-16(14-8-9-14)22-24(17)15-6-4-3-5-7-15/h3-7,10-12,14H,2,8-9,13H2,1H3,(H,21,25). The molecule has 1 amide bonds. The van der Waals surface area contributed by atoms with Crippen LogP contribution in [0.5, 0.6) is 0 Å². The SMILES string of the molecule is CCn1ccnc1SCC(=O)Nc1cc(C2CC2)nn1-c1ccccc1. The van der Waals surface area contributed by atoms with Crippen molar-refractivity contribution in [3.8, 4) is 5.69 Å². The van der Waals surface area contributed by atoms with Gasteiger partial charge in [0.2, 0.25) is 5.91 Å². The minimum Gasteiger partial charge on any atom is -0.326 e. The number of carbonyl (C=O) groups is 1. The van der Waals surface area contributed by atoms with Crippen LogP contribution in [-0.2, 0) is 11.3 Å². The minimum absolute atomic E-state index is 0.0555. The number of nitrogens with one attached hydrogen (secondary N) is 1. The van der Waals surface area contributed by atoms with Crippen molar-refractivity contribution in [3.63, 3.8) is 0 Å². The number of imidazole rings is 1. The number of anilines is 1. The van der Waals surface area contributed by atoms with Gasteiger partial charge in [-0.2, -0.15) is 5.10 Å². The smallest absolute Gasteiger partial charge is 0.236 e. The Labute approximate surface area is 156 Å². The Morgan fingerprint density at radius 3 is 2.85 bits per heavy atom. The van der Waals surface area contributed by atoms with Crippen LogP contribution in [0.4, 0.5) is 5.82 Å². The predicted octanol–water partition coefficient (Wildman–Crippen LogP) is 3.70. The van der Waals surface area contributed by atoms with Crippen molar-refractivity contribution in [2.45, 2.75) is 37.4 Å². The lowest BCUT2D eigenvalue weighted by Crippen LogP contribution is -2.17. The van der Waals surface area contributed by atoms with E-state index in [1.807, 2.05) is 51.8 Å². The van der Waals surface area contributed by atoms with E-state index in [0.29, 0.717) is 11.7 Å². The molecule has 0 radical (unpaired) electrons. The van der Waals surface area contributed by atoms with Gasteiger partial charge in [-0.05, 0) is 31.9 Å². The summed E-state index contributed by atoms with van der Waals surface area (Å²) in [6, 6.07) is 11.9. The summed E-state index contributed by atoms with van der Waals surface area (Å²) in [5.74, 6) is 1.51. The lowest BCUT2D eigenvalue weighted by atomic mass is 10.3. The second-order valence-electron chi connectivity index (χ2n) is 6.31. The van der Waals surface area contributed by atoms with Gasteiger partial charge >= 0.3 is 0 Å². The molecule has 1 saturated carbocycles. The normalized spacial score (nSPS) is 13.7. The third-order valence-electron chi connectivity index (χ3n) is 4.34. The molecule has 4 rings (SSSR count). The van der Waals surface area contributed by atoms with Gasteiger partial charge < -0.3 is 9.88 Å². The lowest BCUT2D eigenvalue weighted by Gasteiger charge is -2.09. The number of rotatable bonds is 7. The summed E-state index contributed by atoms with van der Waals surface area (Å²) in [4.78, 5) is 16.8. The quantitative estimate of drug-likeness (QED) is 0.647. The summed E-state index contributed by atoms with van der Waals surface area (Å²) in [6.45, 7) is 2.90. The fourth-order valence-corrected chi connectivity index (χ4v) is 3.64. The molecule has 0 bridgehead atoms. The van der Waals surface area contributed by atoms with Crippen LogP contribution in [0.25, 0.3) is 5.69 Å². The number of thioether (sulfide) groups is 1. The van der Waals surface area contributed by atoms with Gasteiger partial charge in [0, 0.05) is 30.9 Å². The summed E-state index contributed by atoms with van der Waals surface area (Å²) < 4.78 is 3.85. The molecule has 1 fully saturated rings. The van der Waals surface area contributed by atoms with Crippen LogP contribution < -0.4 is 5.32 Å². The minimum atomic E-state index is -0.0555. The molecule has 2 aromatic heterocycles. The first-order valence-electron chi connectivity index (χ1n) is 8.83. The monoisotopic (exact) mass is 367 g/mol. The van der Waals surface area contributed by atoms with E-state index in [1.165, 1.54) is 24.6 Å². The number of hydrogen-bond acceptors (Lipinski definition) is 4. The molecule has 2 heterocycles. The Balaban J connectivity index is 1.49. The fraction of sp³-hybridized carbons (Fsp3) is 0.316. The number of carbonyl (C=O) groups excluding carboxylic acids is 1. The van der Waals surface area contributed by atoms with E-state index < -0.39 is 0 Å². The van der Waals surface area contributed by atoms with Crippen LogP contribution in [0.2, 0.25) is 0 Å². The second kappa shape index (κ2) is 7.37. The van der Waals surface area contributed by atoms with Gasteiger partial charge in [-0.1, -0.05) is 30.0 Å². The molecule has 0 spiro atoms. The highest BCUT2D eigenvalue weighted by molar-refractivity contribution is 7.99. The number of aryl methyl sites for hydroxylation is 1. The first-order chi connectivity index (χ1) is 12.7. The maximum atomic E-state index is 12.5. The third-order valence-corrected chi connectivity index (χ3v) is 5.35. The van der Waals surface area contributed by atoms with Crippen LogP contribution in [0.1, 0.15) is 31.4 Å². The number of nitrogens with zero attached hydrogens (tertiary/aromatic N) is 4. The van der Waals surface area contributed by atoms with E-state index in [-0.39, 0.29) is 5.91 Å². The molecule has 26 heavy (non-hydrogen) atoms. The first-order valence-corrected chi connectivity index (χ1v) is 9.82. The van der Waals surface area contributed by atoms with Gasteiger partial charge in [0.15, 0.2) is 5.16 Å². The molecule has 0 atom stereocenters. The Morgan fingerprint density at radius 2 is 2.12 bits per heavy atom. The molecule has 0 aliphatic heterocycles. The van der Waals surface area contributed by atoms with Crippen LogP contribution in [-0.4, -0.2) is 31.0 Å². The summed E-state index contributed by atoms with van der Waals surface area (Å²) >= 11 is 1.44. The zero-order chi connectivity index (χ0) is 17.9. The molecule has 3 aromatic rings. The molecule has 134 valence electrons. The molecule has 7 heteroatoms. The van der Waals surface area contributed by atoms with E-state index in [1.54, 1.807) is 6.20 Å². The van der Waals surface area contributed by atoms with Gasteiger partial charge in [0.05, 0.1) is 17.1 Å². The van der Waals surface area contributed by atoms with E-state index in [0.717, 1.165) is 28.9 Å². The fourth-order valence-electron chi connectivity index (χ4n) is 2.82.